The van der Waals surface area contributed by atoms with Gasteiger partial charge in [0.05, 0.1) is 22.1 Å². The van der Waals surface area contributed by atoms with E-state index in [1.54, 1.807) is 11.3 Å². The van der Waals surface area contributed by atoms with Gasteiger partial charge in [-0.3, -0.25) is 0 Å². The first kappa shape index (κ1) is 10.7. The molecule has 0 atom stereocenters. The number of ether oxygens (including phenoxy) is 1. The Bertz CT molecular complexity index is 523. The zero-order chi connectivity index (χ0) is 11.4. The smallest absolute Gasteiger partial charge is 0.181 e. The maximum atomic E-state index is 12.1. The Morgan fingerprint density at radius 3 is 2.88 bits per heavy atom. The number of rotatable bonds is 1. The molecule has 1 aromatic rings. The van der Waals surface area contributed by atoms with Crippen LogP contribution in [0.5, 0.6) is 0 Å². The Labute approximate surface area is 99.4 Å². The average Bonchev–Trinajstić information content (AvgIpc) is 2.90. The summed E-state index contributed by atoms with van der Waals surface area (Å²) in [5, 5.41) is 0. The monoisotopic (exact) mass is 258 g/mol. The van der Waals surface area contributed by atoms with Gasteiger partial charge in [-0.2, -0.15) is 0 Å². The maximum Gasteiger partial charge on any atom is 0.181 e. The molecule has 0 radical (unpaired) electrons. The largest absolute Gasteiger partial charge is 0.368 e. The molecule has 88 valence electrons. The molecule has 0 saturated heterocycles. The van der Waals surface area contributed by atoms with Gasteiger partial charge in [0.2, 0.25) is 0 Å². The van der Waals surface area contributed by atoms with Crippen LogP contribution >= 0.6 is 11.3 Å². The first-order chi connectivity index (χ1) is 7.57. The third kappa shape index (κ3) is 1.45. The third-order valence-corrected chi connectivity index (χ3v) is 6.57. The second-order valence-corrected chi connectivity index (χ2v) is 7.64. The van der Waals surface area contributed by atoms with Crippen molar-refractivity contribution in [2.24, 2.45) is 0 Å². The molecule has 2 heterocycles. The molecule has 1 aliphatic heterocycles. The third-order valence-electron chi connectivity index (χ3n) is 3.28. The fraction of sp³-hybridized carbons (Fsp3) is 0.636. The molecule has 2 aliphatic rings. The van der Waals surface area contributed by atoms with Crippen LogP contribution in [0.3, 0.4) is 0 Å². The summed E-state index contributed by atoms with van der Waals surface area (Å²) in [6, 6.07) is 1.85. The SMILES string of the molecule is CCc1cc2c(s1)C1(CC1)OCCS2(=O)=O. The van der Waals surface area contributed by atoms with Gasteiger partial charge in [0.25, 0.3) is 0 Å². The summed E-state index contributed by atoms with van der Waals surface area (Å²) in [7, 11) is -3.11. The van der Waals surface area contributed by atoms with Crippen molar-refractivity contribution in [3.63, 3.8) is 0 Å². The van der Waals surface area contributed by atoms with E-state index in [0.717, 1.165) is 29.0 Å². The lowest BCUT2D eigenvalue weighted by Gasteiger charge is -2.11. The highest BCUT2D eigenvalue weighted by atomic mass is 32.2. The Morgan fingerprint density at radius 1 is 1.50 bits per heavy atom. The maximum absolute atomic E-state index is 12.1. The minimum Gasteiger partial charge on any atom is -0.368 e. The minimum atomic E-state index is -3.11. The first-order valence-corrected chi connectivity index (χ1v) is 8.04. The van der Waals surface area contributed by atoms with Crippen LogP contribution in [0.1, 0.15) is 29.5 Å². The number of fused-ring (bicyclic) bond motifs is 2. The molecule has 16 heavy (non-hydrogen) atoms. The van der Waals surface area contributed by atoms with E-state index in [1.165, 1.54) is 0 Å². The lowest BCUT2D eigenvalue weighted by Crippen LogP contribution is -2.11. The van der Waals surface area contributed by atoms with E-state index in [2.05, 4.69) is 6.92 Å². The van der Waals surface area contributed by atoms with Gasteiger partial charge in [0, 0.05) is 4.88 Å². The molecule has 0 N–H and O–H groups in total. The highest BCUT2D eigenvalue weighted by Gasteiger charge is 2.51. The molecule has 1 aromatic heterocycles. The highest BCUT2D eigenvalue weighted by molar-refractivity contribution is 7.91. The second kappa shape index (κ2) is 3.31. The Morgan fingerprint density at radius 2 is 2.25 bits per heavy atom. The summed E-state index contributed by atoms with van der Waals surface area (Å²) in [6.45, 7) is 2.39. The van der Waals surface area contributed by atoms with E-state index in [0.29, 0.717) is 11.5 Å². The predicted octanol–water partition coefficient (Wildman–Crippen LogP) is 2.10. The van der Waals surface area contributed by atoms with Crippen molar-refractivity contribution in [2.75, 3.05) is 12.4 Å². The van der Waals surface area contributed by atoms with Gasteiger partial charge in [-0.1, -0.05) is 6.92 Å². The number of hydrogen-bond acceptors (Lipinski definition) is 4. The van der Waals surface area contributed by atoms with Crippen LogP contribution in [0.4, 0.5) is 0 Å². The molecule has 1 spiro atoms. The molecule has 0 bridgehead atoms. The zero-order valence-corrected chi connectivity index (χ0v) is 10.8. The fourth-order valence-electron chi connectivity index (χ4n) is 2.15. The Hall–Kier alpha value is -0.390. The van der Waals surface area contributed by atoms with E-state index in [1.807, 2.05) is 6.07 Å². The zero-order valence-electron chi connectivity index (χ0n) is 9.15. The molecule has 0 unspecified atom stereocenters. The number of sulfone groups is 1. The van der Waals surface area contributed by atoms with Gasteiger partial charge in [-0.25, -0.2) is 8.42 Å². The number of thiophene rings is 1. The number of hydrogen-bond donors (Lipinski definition) is 0. The van der Waals surface area contributed by atoms with Crippen LogP contribution in [-0.4, -0.2) is 20.8 Å². The van der Waals surface area contributed by atoms with E-state index in [-0.39, 0.29) is 11.4 Å². The summed E-state index contributed by atoms with van der Waals surface area (Å²) in [5.74, 6) is 0.127. The van der Waals surface area contributed by atoms with Gasteiger partial charge < -0.3 is 4.74 Å². The number of aryl methyl sites for hydroxylation is 1. The van der Waals surface area contributed by atoms with Crippen molar-refractivity contribution in [3.8, 4) is 0 Å². The van der Waals surface area contributed by atoms with Gasteiger partial charge in [0.15, 0.2) is 9.84 Å². The topological polar surface area (TPSA) is 43.4 Å². The lowest BCUT2D eigenvalue weighted by atomic mass is 10.2. The Kier molecular flexibility index (Phi) is 2.22. The van der Waals surface area contributed by atoms with E-state index >= 15 is 0 Å². The van der Waals surface area contributed by atoms with Crippen LogP contribution in [0.2, 0.25) is 0 Å². The highest BCUT2D eigenvalue weighted by Crippen LogP contribution is 2.55. The first-order valence-electron chi connectivity index (χ1n) is 5.57. The van der Waals surface area contributed by atoms with Crippen LogP contribution < -0.4 is 0 Å². The van der Waals surface area contributed by atoms with Gasteiger partial charge >= 0.3 is 0 Å². The summed E-state index contributed by atoms with van der Waals surface area (Å²) in [6.07, 6.45) is 2.83. The van der Waals surface area contributed by atoms with Crippen LogP contribution in [0.25, 0.3) is 0 Å². The van der Waals surface area contributed by atoms with Crippen molar-refractivity contribution in [3.05, 3.63) is 15.8 Å². The molecule has 0 amide bonds. The molecule has 1 saturated carbocycles. The van der Waals surface area contributed by atoms with Crippen molar-refractivity contribution >= 4 is 21.2 Å². The van der Waals surface area contributed by atoms with Gasteiger partial charge in [-0.05, 0) is 25.3 Å². The predicted molar refractivity (Wildman–Crippen MR) is 62.6 cm³/mol. The van der Waals surface area contributed by atoms with Gasteiger partial charge in [0.1, 0.15) is 5.60 Å². The summed E-state index contributed by atoms with van der Waals surface area (Å²) < 4.78 is 29.9. The van der Waals surface area contributed by atoms with E-state index in [9.17, 15) is 8.42 Å². The van der Waals surface area contributed by atoms with Crippen LogP contribution in [0, 0.1) is 0 Å². The van der Waals surface area contributed by atoms with Crippen molar-refractivity contribution in [2.45, 2.75) is 36.7 Å². The standard InChI is InChI=1S/C11H14O3S2/c1-2-8-7-9-10(15-8)11(3-4-11)14-5-6-16(9,12)13/h7H,2-6H2,1H3. The van der Waals surface area contributed by atoms with E-state index < -0.39 is 9.84 Å². The molecule has 0 aromatic carbocycles. The molecule has 5 heteroatoms. The molecular weight excluding hydrogens is 244 g/mol. The van der Waals surface area contributed by atoms with Crippen LogP contribution in [0.15, 0.2) is 11.0 Å². The van der Waals surface area contributed by atoms with Crippen molar-refractivity contribution in [1.29, 1.82) is 0 Å². The minimum absolute atomic E-state index is 0.127. The normalized spacial score (nSPS) is 25.1. The van der Waals surface area contributed by atoms with E-state index in [4.69, 9.17) is 4.74 Å². The molecule has 1 fully saturated rings. The molecular formula is C11H14O3S2. The fourth-order valence-corrected chi connectivity index (χ4v) is 5.24. The quantitative estimate of drug-likeness (QED) is 0.775. The molecule has 3 nitrogen and oxygen atoms in total. The summed E-state index contributed by atoms with van der Waals surface area (Å²) in [5.41, 5.74) is -0.239. The van der Waals surface area contributed by atoms with Crippen molar-refractivity contribution < 1.29 is 13.2 Å². The second-order valence-electron chi connectivity index (χ2n) is 4.42. The average molecular weight is 258 g/mol. The molecule has 1 aliphatic carbocycles. The summed E-state index contributed by atoms with van der Waals surface area (Å²) >= 11 is 1.62. The van der Waals surface area contributed by atoms with Gasteiger partial charge in [-0.15, -0.1) is 11.3 Å². The van der Waals surface area contributed by atoms with Crippen LogP contribution in [-0.2, 0) is 26.6 Å². The molecule has 3 rings (SSSR count). The van der Waals surface area contributed by atoms with Crippen molar-refractivity contribution in [1.82, 2.24) is 0 Å². The summed E-state index contributed by atoms with van der Waals surface area (Å²) in [4.78, 5) is 2.65. The lowest BCUT2D eigenvalue weighted by molar-refractivity contribution is 0.0441. The Balaban J connectivity index is 2.22.